The van der Waals surface area contributed by atoms with Crippen molar-refractivity contribution in [3.05, 3.63) is 29.3 Å². The van der Waals surface area contributed by atoms with Gasteiger partial charge in [0.05, 0.1) is 5.60 Å². The second-order valence-electron chi connectivity index (χ2n) is 4.37. The Morgan fingerprint density at radius 1 is 1.29 bits per heavy atom. The highest BCUT2D eigenvalue weighted by Gasteiger charge is 2.13. The molecule has 0 radical (unpaired) electrons. The lowest BCUT2D eigenvalue weighted by molar-refractivity contribution is 0.0282. The molecule has 0 aliphatic heterocycles. The zero-order valence-corrected chi connectivity index (χ0v) is 9.29. The molecule has 0 aromatic heterocycles. The van der Waals surface area contributed by atoms with Gasteiger partial charge in [0.15, 0.2) is 0 Å². The Hall–Kier alpha value is -1.02. The first-order chi connectivity index (χ1) is 6.38. The summed E-state index contributed by atoms with van der Waals surface area (Å²) in [5.74, 6) is 0.854. The van der Waals surface area contributed by atoms with Crippen LogP contribution in [0.15, 0.2) is 18.2 Å². The van der Waals surface area contributed by atoms with Gasteiger partial charge >= 0.3 is 0 Å². The predicted molar refractivity (Wildman–Crippen MR) is 57.7 cm³/mol. The molecule has 78 valence electrons. The van der Waals surface area contributed by atoms with E-state index in [2.05, 4.69) is 0 Å². The van der Waals surface area contributed by atoms with Crippen LogP contribution in [0.5, 0.6) is 5.75 Å². The molecule has 0 aliphatic carbocycles. The number of rotatable bonds is 3. The van der Waals surface area contributed by atoms with Crippen LogP contribution in [0, 0.1) is 13.8 Å². The van der Waals surface area contributed by atoms with Crippen LogP contribution in [0.3, 0.4) is 0 Å². The smallest absolute Gasteiger partial charge is 0.122 e. The van der Waals surface area contributed by atoms with Crippen molar-refractivity contribution in [1.29, 1.82) is 0 Å². The molecule has 0 amide bonds. The van der Waals surface area contributed by atoms with Crippen LogP contribution in [0.25, 0.3) is 0 Å². The summed E-state index contributed by atoms with van der Waals surface area (Å²) in [6, 6.07) is 6.06. The highest BCUT2D eigenvalue weighted by molar-refractivity contribution is 5.35. The van der Waals surface area contributed by atoms with E-state index in [1.165, 1.54) is 5.56 Å². The minimum Gasteiger partial charge on any atom is -0.490 e. The van der Waals surface area contributed by atoms with Gasteiger partial charge in [0, 0.05) is 0 Å². The molecule has 1 aromatic rings. The van der Waals surface area contributed by atoms with Gasteiger partial charge in [0.2, 0.25) is 0 Å². The standard InChI is InChI=1S/C12H18O2/c1-9-5-6-10(2)11(7-9)14-8-12(3,4)13/h5-7,13H,8H2,1-4H3. The van der Waals surface area contributed by atoms with Crippen molar-refractivity contribution in [2.75, 3.05) is 6.61 Å². The van der Waals surface area contributed by atoms with Gasteiger partial charge in [-0.3, -0.25) is 0 Å². The maximum Gasteiger partial charge on any atom is 0.122 e. The molecule has 0 fully saturated rings. The maximum absolute atomic E-state index is 9.51. The summed E-state index contributed by atoms with van der Waals surface area (Å²) in [6.45, 7) is 7.81. The van der Waals surface area contributed by atoms with Crippen molar-refractivity contribution in [1.82, 2.24) is 0 Å². The summed E-state index contributed by atoms with van der Waals surface area (Å²) in [4.78, 5) is 0. The van der Waals surface area contributed by atoms with E-state index in [1.807, 2.05) is 32.0 Å². The third-order valence-corrected chi connectivity index (χ3v) is 1.92. The SMILES string of the molecule is Cc1ccc(C)c(OCC(C)(C)O)c1. The van der Waals surface area contributed by atoms with E-state index in [4.69, 9.17) is 4.74 Å². The van der Waals surface area contributed by atoms with Gasteiger partial charge in [0.25, 0.3) is 0 Å². The number of hydrogen-bond acceptors (Lipinski definition) is 2. The van der Waals surface area contributed by atoms with Gasteiger partial charge in [-0.25, -0.2) is 0 Å². The van der Waals surface area contributed by atoms with Crippen LogP contribution in [-0.4, -0.2) is 17.3 Å². The molecule has 0 aliphatic rings. The van der Waals surface area contributed by atoms with Crippen molar-refractivity contribution in [3.8, 4) is 5.75 Å². The Morgan fingerprint density at radius 2 is 1.93 bits per heavy atom. The maximum atomic E-state index is 9.51. The molecule has 0 saturated heterocycles. The molecule has 1 aromatic carbocycles. The van der Waals surface area contributed by atoms with Crippen molar-refractivity contribution in [2.24, 2.45) is 0 Å². The van der Waals surface area contributed by atoms with Gasteiger partial charge in [-0.2, -0.15) is 0 Å². The Balaban J connectivity index is 2.72. The van der Waals surface area contributed by atoms with Gasteiger partial charge in [0.1, 0.15) is 12.4 Å². The molecule has 2 heteroatoms. The fraction of sp³-hybridized carbons (Fsp3) is 0.500. The van der Waals surface area contributed by atoms with Crippen molar-refractivity contribution < 1.29 is 9.84 Å². The largest absolute Gasteiger partial charge is 0.490 e. The summed E-state index contributed by atoms with van der Waals surface area (Å²) in [5.41, 5.74) is 1.48. The molecule has 0 saturated carbocycles. The molecule has 0 spiro atoms. The molecular formula is C12H18O2. The number of benzene rings is 1. The van der Waals surface area contributed by atoms with Crippen LogP contribution in [-0.2, 0) is 0 Å². The van der Waals surface area contributed by atoms with E-state index in [9.17, 15) is 5.11 Å². The van der Waals surface area contributed by atoms with Gasteiger partial charge in [-0.1, -0.05) is 12.1 Å². The van der Waals surface area contributed by atoms with Crippen LogP contribution in [0.4, 0.5) is 0 Å². The first kappa shape index (κ1) is 11.1. The van der Waals surface area contributed by atoms with Crippen LogP contribution in [0.2, 0.25) is 0 Å². The first-order valence-electron chi connectivity index (χ1n) is 4.81. The van der Waals surface area contributed by atoms with Crippen LogP contribution >= 0.6 is 0 Å². The van der Waals surface area contributed by atoms with E-state index in [-0.39, 0.29) is 0 Å². The monoisotopic (exact) mass is 194 g/mol. The van der Waals surface area contributed by atoms with E-state index >= 15 is 0 Å². The summed E-state index contributed by atoms with van der Waals surface area (Å²) < 4.78 is 5.53. The average molecular weight is 194 g/mol. The normalized spacial score (nSPS) is 11.5. The minimum absolute atomic E-state index is 0.317. The van der Waals surface area contributed by atoms with Gasteiger partial charge in [-0.15, -0.1) is 0 Å². The molecular weight excluding hydrogens is 176 g/mol. The summed E-state index contributed by atoms with van der Waals surface area (Å²) >= 11 is 0. The zero-order chi connectivity index (χ0) is 10.8. The van der Waals surface area contributed by atoms with E-state index in [0.717, 1.165) is 11.3 Å². The Bertz CT molecular complexity index is 311. The second-order valence-corrected chi connectivity index (χ2v) is 4.37. The molecule has 1 N–H and O–H groups in total. The molecule has 0 heterocycles. The van der Waals surface area contributed by atoms with Gasteiger partial charge < -0.3 is 9.84 Å². The van der Waals surface area contributed by atoms with E-state index < -0.39 is 5.60 Å². The lowest BCUT2D eigenvalue weighted by Gasteiger charge is -2.19. The predicted octanol–water partition coefficient (Wildman–Crippen LogP) is 2.45. The molecule has 0 unspecified atom stereocenters. The zero-order valence-electron chi connectivity index (χ0n) is 9.29. The van der Waals surface area contributed by atoms with Crippen LogP contribution < -0.4 is 4.74 Å². The Labute approximate surface area is 85.5 Å². The lowest BCUT2D eigenvalue weighted by atomic mass is 10.1. The molecule has 14 heavy (non-hydrogen) atoms. The molecule has 1 rings (SSSR count). The number of ether oxygens (including phenoxy) is 1. The van der Waals surface area contributed by atoms with Crippen LogP contribution in [0.1, 0.15) is 25.0 Å². The highest BCUT2D eigenvalue weighted by atomic mass is 16.5. The third-order valence-electron chi connectivity index (χ3n) is 1.92. The van der Waals surface area contributed by atoms with Crippen molar-refractivity contribution in [2.45, 2.75) is 33.3 Å². The fourth-order valence-electron chi connectivity index (χ4n) is 1.12. The first-order valence-corrected chi connectivity index (χ1v) is 4.81. The third kappa shape index (κ3) is 3.38. The number of aliphatic hydroxyl groups is 1. The van der Waals surface area contributed by atoms with E-state index in [0.29, 0.717) is 6.61 Å². The highest BCUT2D eigenvalue weighted by Crippen LogP contribution is 2.20. The second kappa shape index (κ2) is 4.01. The Morgan fingerprint density at radius 3 is 2.50 bits per heavy atom. The molecule has 2 nitrogen and oxygen atoms in total. The van der Waals surface area contributed by atoms with Gasteiger partial charge in [-0.05, 0) is 44.9 Å². The number of aryl methyl sites for hydroxylation is 2. The van der Waals surface area contributed by atoms with Crippen molar-refractivity contribution >= 4 is 0 Å². The average Bonchev–Trinajstić information content (AvgIpc) is 2.05. The quantitative estimate of drug-likeness (QED) is 0.801. The number of hydrogen-bond donors (Lipinski definition) is 1. The molecule has 0 atom stereocenters. The summed E-state index contributed by atoms with van der Waals surface area (Å²) in [5, 5.41) is 9.51. The van der Waals surface area contributed by atoms with E-state index in [1.54, 1.807) is 13.8 Å². The minimum atomic E-state index is -0.782. The summed E-state index contributed by atoms with van der Waals surface area (Å²) in [7, 11) is 0. The molecule has 0 bridgehead atoms. The summed E-state index contributed by atoms with van der Waals surface area (Å²) in [6.07, 6.45) is 0. The lowest BCUT2D eigenvalue weighted by Crippen LogP contribution is -2.28. The topological polar surface area (TPSA) is 29.5 Å². The van der Waals surface area contributed by atoms with Crippen molar-refractivity contribution in [3.63, 3.8) is 0 Å². The fourth-order valence-corrected chi connectivity index (χ4v) is 1.12. The Kier molecular flexibility index (Phi) is 3.17.